The van der Waals surface area contributed by atoms with E-state index >= 15 is 0 Å². The molecule has 0 saturated carbocycles. The van der Waals surface area contributed by atoms with E-state index in [1.54, 1.807) is 38.1 Å². The van der Waals surface area contributed by atoms with Crippen LogP contribution in [0.5, 0.6) is 5.75 Å². The number of benzene rings is 1. The number of ether oxygens (including phenoxy) is 2. The van der Waals surface area contributed by atoms with E-state index in [2.05, 4.69) is 5.32 Å². The van der Waals surface area contributed by atoms with Crippen molar-refractivity contribution in [2.45, 2.75) is 46.2 Å². The third kappa shape index (κ3) is 7.73. The van der Waals surface area contributed by atoms with Crippen LogP contribution < -0.4 is 10.1 Å². The van der Waals surface area contributed by atoms with Crippen LogP contribution in [0.3, 0.4) is 0 Å². The molecule has 1 aromatic rings. The smallest absolute Gasteiger partial charge is 0.329 e. The van der Waals surface area contributed by atoms with Gasteiger partial charge in [-0.1, -0.05) is 27.7 Å². The van der Waals surface area contributed by atoms with Gasteiger partial charge in [-0.25, -0.2) is 13.2 Å². The molecule has 9 nitrogen and oxygen atoms in total. The molecular weight excluding hydrogens is 448 g/mol. The van der Waals surface area contributed by atoms with Gasteiger partial charge in [0.25, 0.3) is 11.8 Å². The molecule has 0 aliphatic carbocycles. The van der Waals surface area contributed by atoms with Crippen molar-refractivity contribution in [3.05, 3.63) is 29.8 Å². The summed E-state index contributed by atoms with van der Waals surface area (Å²) in [6.07, 6.45) is 0.376. The predicted octanol–water partition coefficient (Wildman–Crippen LogP) is 1.66. The van der Waals surface area contributed by atoms with Crippen molar-refractivity contribution in [3.8, 4) is 5.75 Å². The lowest BCUT2D eigenvalue weighted by molar-refractivity contribution is -0.155. The zero-order valence-electron chi connectivity index (χ0n) is 19.9. The van der Waals surface area contributed by atoms with Gasteiger partial charge >= 0.3 is 5.97 Å². The zero-order chi connectivity index (χ0) is 24.8. The SMILES string of the molecule is COc1ccc(C(=O)NC(C(=O)OCC(=O)N(CC(C)C)C2CCS(=O)(=O)C2)C(C)C)cc1. The highest BCUT2D eigenvalue weighted by Crippen LogP contribution is 2.19. The average Bonchev–Trinajstić information content (AvgIpc) is 3.12. The van der Waals surface area contributed by atoms with Crippen LogP contribution in [0.25, 0.3) is 0 Å². The Morgan fingerprint density at radius 3 is 2.24 bits per heavy atom. The summed E-state index contributed by atoms with van der Waals surface area (Å²) < 4.78 is 34.1. The third-order valence-electron chi connectivity index (χ3n) is 5.43. The van der Waals surface area contributed by atoms with E-state index < -0.39 is 46.3 Å². The number of amides is 2. The second kappa shape index (κ2) is 11.5. The Kier molecular flexibility index (Phi) is 9.27. The number of nitrogens with one attached hydrogen (secondary N) is 1. The van der Waals surface area contributed by atoms with Gasteiger partial charge in [-0.15, -0.1) is 0 Å². The first-order valence-electron chi connectivity index (χ1n) is 11.0. The van der Waals surface area contributed by atoms with E-state index in [1.807, 2.05) is 13.8 Å². The molecule has 0 bridgehead atoms. The van der Waals surface area contributed by atoms with Gasteiger partial charge in [0, 0.05) is 18.2 Å². The maximum atomic E-state index is 12.8. The van der Waals surface area contributed by atoms with Crippen molar-refractivity contribution in [2.75, 3.05) is 31.8 Å². The standard InChI is InChI=1S/C23H34N2O7S/c1-15(2)12-25(18-10-11-33(29,30)14-18)20(26)13-32-23(28)21(16(3)4)24-22(27)17-6-8-19(31-5)9-7-17/h6-9,15-16,18,21H,10-14H2,1-5H3,(H,24,27). The lowest BCUT2D eigenvalue weighted by Gasteiger charge is -2.30. The molecule has 0 radical (unpaired) electrons. The average molecular weight is 483 g/mol. The Bertz CT molecular complexity index is 942. The van der Waals surface area contributed by atoms with Crippen molar-refractivity contribution >= 4 is 27.6 Å². The van der Waals surface area contributed by atoms with Gasteiger partial charge in [0.05, 0.1) is 18.6 Å². The number of methoxy groups -OCH3 is 1. The topological polar surface area (TPSA) is 119 Å². The maximum absolute atomic E-state index is 12.8. The van der Waals surface area contributed by atoms with Crippen LogP contribution in [0.15, 0.2) is 24.3 Å². The van der Waals surface area contributed by atoms with Crippen LogP contribution in [-0.2, 0) is 24.2 Å². The normalized spacial score (nSPS) is 18.1. The molecule has 184 valence electrons. The molecule has 2 unspecified atom stereocenters. The number of sulfone groups is 1. The Hall–Kier alpha value is -2.62. The van der Waals surface area contributed by atoms with Gasteiger partial charge in [-0.2, -0.15) is 0 Å². The first kappa shape index (κ1) is 26.6. The fourth-order valence-electron chi connectivity index (χ4n) is 3.64. The Morgan fingerprint density at radius 1 is 1.12 bits per heavy atom. The van der Waals surface area contributed by atoms with Crippen LogP contribution in [0.4, 0.5) is 0 Å². The molecule has 1 saturated heterocycles. The van der Waals surface area contributed by atoms with Crippen molar-refractivity contribution in [1.29, 1.82) is 0 Å². The van der Waals surface area contributed by atoms with Crippen molar-refractivity contribution in [3.63, 3.8) is 0 Å². The molecule has 1 fully saturated rings. The summed E-state index contributed by atoms with van der Waals surface area (Å²) in [5.74, 6) is -1.19. The summed E-state index contributed by atoms with van der Waals surface area (Å²) in [6, 6.07) is 5.09. The number of esters is 1. The Morgan fingerprint density at radius 2 is 1.76 bits per heavy atom. The first-order chi connectivity index (χ1) is 15.4. The van der Waals surface area contributed by atoms with Crippen LogP contribution in [0, 0.1) is 11.8 Å². The number of rotatable bonds is 10. The molecule has 0 aromatic heterocycles. The quantitative estimate of drug-likeness (QED) is 0.504. The highest BCUT2D eigenvalue weighted by Gasteiger charge is 2.35. The van der Waals surface area contributed by atoms with Gasteiger partial charge in [-0.05, 0) is 42.5 Å². The summed E-state index contributed by atoms with van der Waals surface area (Å²) in [5, 5.41) is 2.66. The lowest BCUT2D eigenvalue weighted by Crippen LogP contribution is -2.48. The summed E-state index contributed by atoms with van der Waals surface area (Å²) in [4.78, 5) is 39.6. The second-order valence-corrected chi connectivity index (χ2v) is 11.3. The molecular formula is C23H34N2O7S. The number of hydrogen-bond donors (Lipinski definition) is 1. The van der Waals surface area contributed by atoms with Crippen LogP contribution >= 0.6 is 0 Å². The molecule has 2 amide bonds. The van der Waals surface area contributed by atoms with E-state index in [1.165, 1.54) is 12.0 Å². The fraction of sp³-hybridized carbons (Fsp3) is 0.609. The first-order valence-corrected chi connectivity index (χ1v) is 12.9. The maximum Gasteiger partial charge on any atom is 0.329 e. The van der Waals surface area contributed by atoms with E-state index in [0.29, 0.717) is 24.3 Å². The molecule has 1 heterocycles. The van der Waals surface area contributed by atoms with Crippen LogP contribution in [0.1, 0.15) is 44.5 Å². The third-order valence-corrected chi connectivity index (χ3v) is 7.18. The van der Waals surface area contributed by atoms with Gasteiger partial charge in [0.15, 0.2) is 16.4 Å². The molecule has 33 heavy (non-hydrogen) atoms. The van der Waals surface area contributed by atoms with Crippen molar-refractivity contribution in [2.24, 2.45) is 11.8 Å². The molecule has 10 heteroatoms. The highest BCUT2D eigenvalue weighted by atomic mass is 32.2. The molecule has 1 aliphatic rings. The van der Waals surface area contributed by atoms with E-state index in [4.69, 9.17) is 9.47 Å². The minimum absolute atomic E-state index is 0.0478. The van der Waals surface area contributed by atoms with E-state index in [9.17, 15) is 22.8 Å². The van der Waals surface area contributed by atoms with E-state index in [-0.39, 0.29) is 23.3 Å². The van der Waals surface area contributed by atoms with Gasteiger partial charge < -0.3 is 19.7 Å². The second-order valence-electron chi connectivity index (χ2n) is 9.03. The van der Waals surface area contributed by atoms with Crippen molar-refractivity contribution in [1.82, 2.24) is 10.2 Å². The fourth-order valence-corrected chi connectivity index (χ4v) is 5.37. The van der Waals surface area contributed by atoms with Crippen molar-refractivity contribution < 1.29 is 32.3 Å². The molecule has 0 spiro atoms. The Labute approximate surface area is 195 Å². The highest BCUT2D eigenvalue weighted by molar-refractivity contribution is 7.91. The number of hydrogen-bond acceptors (Lipinski definition) is 7. The largest absolute Gasteiger partial charge is 0.497 e. The van der Waals surface area contributed by atoms with Gasteiger partial charge in [0.1, 0.15) is 11.8 Å². The number of nitrogens with zero attached hydrogens (tertiary/aromatic N) is 1. The number of carbonyl (C=O) groups is 3. The Balaban J connectivity index is 2.01. The zero-order valence-corrected chi connectivity index (χ0v) is 20.7. The summed E-state index contributed by atoms with van der Waals surface area (Å²) in [6.45, 7) is 7.24. The minimum atomic E-state index is -3.17. The molecule has 2 atom stereocenters. The minimum Gasteiger partial charge on any atom is -0.497 e. The summed E-state index contributed by atoms with van der Waals surface area (Å²) in [7, 11) is -1.64. The summed E-state index contributed by atoms with van der Waals surface area (Å²) >= 11 is 0. The monoisotopic (exact) mass is 482 g/mol. The van der Waals surface area contributed by atoms with Crippen LogP contribution in [0.2, 0.25) is 0 Å². The molecule has 1 aromatic carbocycles. The van der Waals surface area contributed by atoms with Gasteiger partial charge in [0.2, 0.25) is 0 Å². The molecule has 2 rings (SSSR count). The lowest BCUT2D eigenvalue weighted by atomic mass is 10.0. The van der Waals surface area contributed by atoms with Gasteiger partial charge in [-0.3, -0.25) is 9.59 Å². The molecule has 1 N–H and O–H groups in total. The number of carbonyl (C=O) groups excluding carboxylic acids is 3. The molecule has 1 aliphatic heterocycles. The predicted molar refractivity (Wildman–Crippen MR) is 124 cm³/mol. The van der Waals surface area contributed by atoms with Crippen LogP contribution in [-0.4, -0.2) is 75.0 Å². The van der Waals surface area contributed by atoms with E-state index in [0.717, 1.165) is 0 Å². The summed E-state index contributed by atoms with van der Waals surface area (Å²) in [5.41, 5.74) is 0.357.